The van der Waals surface area contributed by atoms with E-state index >= 15 is 0 Å². The van der Waals surface area contributed by atoms with Gasteiger partial charge in [0.25, 0.3) is 0 Å². The molecule has 0 radical (unpaired) electrons. The van der Waals surface area contributed by atoms with Crippen LogP contribution in [0.2, 0.25) is 0 Å². The molecule has 100 valence electrons. The third-order valence-corrected chi connectivity index (χ3v) is 5.17. The van der Waals surface area contributed by atoms with Crippen molar-refractivity contribution in [3.63, 3.8) is 0 Å². The minimum atomic E-state index is 0.391. The molecule has 1 heterocycles. The highest BCUT2D eigenvalue weighted by Crippen LogP contribution is 2.51. The number of anilines is 1. The molecule has 0 bridgehead atoms. The van der Waals surface area contributed by atoms with Gasteiger partial charge in [0.15, 0.2) is 0 Å². The van der Waals surface area contributed by atoms with E-state index in [1.54, 1.807) is 0 Å². The molecule has 0 unspecified atom stereocenters. The Labute approximate surface area is 127 Å². The molecule has 1 aliphatic carbocycles. The SMILES string of the molecule is Brc1cccc2c1N[C@H](c1ccccc1)[C@H]1CC=C[C@H]21. The van der Waals surface area contributed by atoms with Gasteiger partial charge in [-0.1, -0.05) is 54.6 Å². The molecule has 3 atom stereocenters. The maximum atomic E-state index is 3.77. The predicted octanol–water partition coefficient (Wildman–Crippen LogP) is 5.28. The number of benzene rings is 2. The maximum absolute atomic E-state index is 3.77. The summed E-state index contributed by atoms with van der Waals surface area (Å²) in [7, 11) is 0. The minimum absolute atomic E-state index is 0.391. The maximum Gasteiger partial charge on any atom is 0.0554 e. The Hall–Kier alpha value is -1.54. The second-order valence-electron chi connectivity index (χ2n) is 5.59. The predicted molar refractivity (Wildman–Crippen MR) is 86.9 cm³/mol. The number of fused-ring (bicyclic) bond motifs is 3. The molecule has 1 aliphatic heterocycles. The van der Waals surface area contributed by atoms with E-state index in [0.29, 0.717) is 17.9 Å². The van der Waals surface area contributed by atoms with Crippen LogP contribution in [0.3, 0.4) is 0 Å². The minimum Gasteiger partial charge on any atom is -0.377 e. The van der Waals surface area contributed by atoms with Crippen molar-refractivity contribution in [2.45, 2.75) is 18.4 Å². The second kappa shape index (κ2) is 4.78. The van der Waals surface area contributed by atoms with E-state index < -0.39 is 0 Å². The third kappa shape index (κ3) is 1.82. The number of hydrogen-bond donors (Lipinski definition) is 1. The molecule has 2 aromatic rings. The summed E-state index contributed by atoms with van der Waals surface area (Å²) in [5.74, 6) is 1.16. The smallest absolute Gasteiger partial charge is 0.0554 e. The first-order chi connectivity index (χ1) is 9.84. The molecule has 0 amide bonds. The molecule has 2 heteroatoms. The van der Waals surface area contributed by atoms with Gasteiger partial charge in [0.2, 0.25) is 0 Å². The van der Waals surface area contributed by atoms with Gasteiger partial charge in [-0.25, -0.2) is 0 Å². The Morgan fingerprint density at radius 3 is 2.70 bits per heavy atom. The lowest BCUT2D eigenvalue weighted by molar-refractivity contribution is 0.425. The van der Waals surface area contributed by atoms with E-state index in [-0.39, 0.29) is 0 Å². The monoisotopic (exact) mass is 325 g/mol. The number of para-hydroxylation sites is 1. The summed E-state index contributed by atoms with van der Waals surface area (Å²) in [6.07, 6.45) is 5.87. The third-order valence-electron chi connectivity index (χ3n) is 4.50. The Morgan fingerprint density at radius 1 is 1.00 bits per heavy atom. The summed E-state index contributed by atoms with van der Waals surface area (Å²) in [5.41, 5.74) is 4.06. The molecule has 20 heavy (non-hydrogen) atoms. The van der Waals surface area contributed by atoms with Gasteiger partial charge >= 0.3 is 0 Å². The van der Waals surface area contributed by atoms with Crippen molar-refractivity contribution < 1.29 is 0 Å². The molecular weight excluding hydrogens is 310 g/mol. The van der Waals surface area contributed by atoms with Crippen molar-refractivity contribution >= 4 is 21.6 Å². The molecule has 0 spiro atoms. The van der Waals surface area contributed by atoms with Gasteiger partial charge in [-0.15, -0.1) is 0 Å². The largest absolute Gasteiger partial charge is 0.377 e. The normalized spacial score (nSPS) is 26.8. The summed E-state index contributed by atoms with van der Waals surface area (Å²) in [6, 6.07) is 17.7. The molecule has 0 aromatic heterocycles. The quantitative estimate of drug-likeness (QED) is 0.704. The zero-order chi connectivity index (χ0) is 13.5. The van der Waals surface area contributed by atoms with Crippen LogP contribution >= 0.6 is 15.9 Å². The highest BCUT2D eigenvalue weighted by Gasteiger charge is 2.38. The average Bonchev–Trinajstić information content (AvgIpc) is 2.97. The van der Waals surface area contributed by atoms with Gasteiger partial charge in [0.1, 0.15) is 0 Å². The topological polar surface area (TPSA) is 12.0 Å². The van der Waals surface area contributed by atoms with Crippen molar-refractivity contribution in [2.24, 2.45) is 5.92 Å². The molecule has 2 aliphatic rings. The van der Waals surface area contributed by atoms with Gasteiger partial charge in [-0.2, -0.15) is 0 Å². The molecule has 0 saturated carbocycles. The van der Waals surface area contributed by atoms with E-state index in [2.05, 4.69) is 81.9 Å². The summed E-state index contributed by atoms with van der Waals surface area (Å²) in [6.45, 7) is 0. The number of hydrogen-bond acceptors (Lipinski definition) is 1. The average molecular weight is 326 g/mol. The highest BCUT2D eigenvalue weighted by atomic mass is 79.9. The summed E-state index contributed by atoms with van der Waals surface area (Å²) < 4.78 is 1.16. The summed E-state index contributed by atoms with van der Waals surface area (Å²) in [5, 5.41) is 3.77. The zero-order valence-corrected chi connectivity index (χ0v) is 12.7. The lowest BCUT2D eigenvalue weighted by atomic mass is 9.77. The van der Waals surface area contributed by atoms with E-state index in [0.717, 1.165) is 10.9 Å². The summed E-state index contributed by atoms with van der Waals surface area (Å²) >= 11 is 3.69. The van der Waals surface area contributed by atoms with Crippen molar-refractivity contribution in [1.29, 1.82) is 0 Å². The van der Waals surface area contributed by atoms with E-state index in [9.17, 15) is 0 Å². The zero-order valence-electron chi connectivity index (χ0n) is 11.1. The Bertz CT molecular complexity index is 662. The number of halogens is 1. The van der Waals surface area contributed by atoms with E-state index in [1.807, 2.05) is 0 Å². The van der Waals surface area contributed by atoms with Crippen LogP contribution in [0.25, 0.3) is 0 Å². The van der Waals surface area contributed by atoms with Crippen molar-refractivity contribution in [1.82, 2.24) is 0 Å². The van der Waals surface area contributed by atoms with Crippen molar-refractivity contribution in [3.8, 4) is 0 Å². The van der Waals surface area contributed by atoms with Gasteiger partial charge in [0.05, 0.1) is 11.7 Å². The first-order valence-corrected chi connectivity index (χ1v) is 7.90. The fourth-order valence-corrected chi connectivity index (χ4v) is 4.07. The second-order valence-corrected chi connectivity index (χ2v) is 6.44. The fourth-order valence-electron chi connectivity index (χ4n) is 3.57. The Balaban J connectivity index is 1.83. The van der Waals surface area contributed by atoms with Crippen LogP contribution in [-0.2, 0) is 0 Å². The van der Waals surface area contributed by atoms with Crippen LogP contribution < -0.4 is 5.32 Å². The highest BCUT2D eigenvalue weighted by molar-refractivity contribution is 9.10. The van der Waals surface area contributed by atoms with Crippen LogP contribution in [-0.4, -0.2) is 0 Å². The Kier molecular flexibility index (Phi) is 2.92. The molecule has 1 nitrogen and oxygen atoms in total. The van der Waals surface area contributed by atoms with Crippen LogP contribution in [0.4, 0.5) is 5.69 Å². The first-order valence-electron chi connectivity index (χ1n) is 7.11. The van der Waals surface area contributed by atoms with Gasteiger partial charge in [-0.05, 0) is 45.5 Å². The molecular formula is C18H16BrN. The van der Waals surface area contributed by atoms with E-state index in [1.165, 1.54) is 16.8 Å². The van der Waals surface area contributed by atoms with Crippen LogP contribution in [0.1, 0.15) is 29.5 Å². The van der Waals surface area contributed by atoms with Gasteiger partial charge in [0, 0.05) is 10.4 Å². The standard InChI is InChI=1S/C18H16BrN/c19-16-11-5-10-15-13-8-4-9-14(13)17(20-18(15)16)12-6-2-1-3-7-12/h1-8,10-11,13-14,17,20H,9H2/t13-,14-,17+/m0/s1. The fraction of sp³-hybridized carbons (Fsp3) is 0.222. The number of allylic oxidation sites excluding steroid dienone is 2. The summed E-state index contributed by atoms with van der Waals surface area (Å²) in [4.78, 5) is 0. The van der Waals surface area contributed by atoms with Crippen molar-refractivity contribution in [3.05, 3.63) is 76.3 Å². The van der Waals surface area contributed by atoms with E-state index in [4.69, 9.17) is 0 Å². The first kappa shape index (κ1) is 12.2. The van der Waals surface area contributed by atoms with Gasteiger partial charge < -0.3 is 5.32 Å². The van der Waals surface area contributed by atoms with Crippen LogP contribution in [0.5, 0.6) is 0 Å². The molecule has 0 saturated heterocycles. The Morgan fingerprint density at radius 2 is 1.85 bits per heavy atom. The van der Waals surface area contributed by atoms with Gasteiger partial charge in [-0.3, -0.25) is 0 Å². The molecule has 4 rings (SSSR count). The number of rotatable bonds is 1. The molecule has 0 fully saturated rings. The lowest BCUT2D eigenvalue weighted by Crippen LogP contribution is -2.29. The van der Waals surface area contributed by atoms with Crippen LogP contribution in [0.15, 0.2) is 65.2 Å². The number of nitrogens with one attached hydrogen (secondary N) is 1. The van der Waals surface area contributed by atoms with Crippen molar-refractivity contribution in [2.75, 3.05) is 5.32 Å². The molecule has 1 N–H and O–H groups in total. The molecule has 2 aromatic carbocycles. The lowest BCUT2D eigenvalue weighted by Gasteiger charge is -2.38. The van der Waals surface area contributed by atoms with Crippen LogP contribution in [0, 0.1) is 5.92 Å².